The second kappa shape index (κ2) is 23.0. The van der Waals surface area contributed by atoms with Crippen LogP contribution in [0.2, 0.25) is 10.0 Å². The lowest BCUT2D eigenvalue weighted by atomic mass is 10.0. The van der Waals surface area contributed by atoms with Crippen molar-refractivity contribution in [1.82, 2.24) is 0 Å². The minimum Gasteiger partial charge on any atom is -0.345 e. The Bertz CT molecular complexity index is 4360. The summed E-state index contributed by atoms with van der Waals surface area (Å²) in [6.45, 7) is 0. The first-order valence-electron chi connectivity index (χ1n) is 27.2. The molecule has 0 amide bonds. The molecule has 0 spiro atoms. The van der Waals surface area contributed by atoms with Gasteiger partial charge < -0.3 is 19.6 Å². The van der Waals surface area contributed by atoms with Crippen molar-refractivity contribution < 1.29 is 0 Å². The van der Waals surface area contributed by atoms with Gasteiger partial charge in [-0.25, -0.2) is 0 Å². The van der Waals surface area contributed by atoms with E-state index in [1.807, 2.05) is 36.4 Å². The monoisotopic (exact) mass is 1160 g/mol. The fraction of sp³-hybridized carbons (Fsp3) is 0.0133. The van der Waals surface area contributed by atoms with Crippen LogP contribution in [0, 0.1) is 0 Å². The lowest BCUT2D eigenvalue weighted by Crippen LogP contribution is -2.10. The minimum atomic E-state index is 0.673. The smallest absolute Gasteiger partial charge is 0.0476 e. The third-order valence-corrected chi connectivity index (χ3v) is 16.2. The Balaban J connectivity index is 0.755. The van der Waals surface area contributed by atoms with Crippen LogP contribution in [0.4, 0.5) is 62.6 Å². The second-order valence-electron chi connectivity index (χ2n) is 20.3. The molecule has 0 aliphatic carbocycles. The van der Waals surface area contributed by atoms with Gasteiger partial charge in [0.25, 0.3) is 0 Å². The molecule has 394 valence electrons. The Labute approximate surface area is 497 Å². The van der Waals surface area contributed by atoms with Gasteiger partial charge >= 0.3 is 0 Å². The highest BCUT2D eigenvalue weighted by Crippen LogP contribution is 2.42. The molecule has 0 saturated carbocycles. The SMILES string of the molecule is CN(c1ccc(-c2ccc(N(c3ccc(-c4ccc(N(c5ccc(-c6ccc(N(c7ccc(Br)cc7)c7cccc(Cl)c7)cc6)cc5)c5cccc(Cl)c5)cc4)cc3)c3ccc4ccccc4c3)cc2)cc1)c1ccc2ccccc2c1. The van der Waals surface area contributed by atoms with Gasteiger partial charge in [-0.3, -0.25) is 0 Å². The van der Waals surface area contributed by atoms with Crippen molar-refractivity contribution in [3.8, 4) is 33.4 Å². The van der Waals surface area contributed by atoms with E-state index in [1.54, 1.807) is 0 Å². The molecule has 0 atom stereocenters. The van der Waals surface area contributed by atoms with Crippen LogP contribution in [0.3, 0.4) is 0 Å². The Morgan fingerprint density at radius 2 is 0.500 bits per heavy atom. The van der Waals surface area contributed by atoms with Crippen LogP contribution in [-0.2, 0) is 0 Å². The number of hydrogen-bond donors (Lipinski definition) is 0. The summed E-state index contributed by atoms with van der Waals surface area (Å²) in [4.78, 5) is 9.04. The first-order chi connectivity index (χ1) is 40.2. The van der Waals surface area contributed by atoms with Crippen LogP contribution >= 0.6 is 39.1 Å². The van der Waals surface area contributed by atoms with Crippen molar-refractivity contribution in [1.29, 1.82) is 0 Å². The number of anilines is 11. The summed E-state index contributed by atoms with van der Waals surface area (Å²) >= 11 is 16.8. The predicted octanol–water partition coefficient (Wildman–Crippen LogP) is 23.2. The molecule has 0 bridgehead atoms. The number of halogens is 3. The van der Waals surface area contributed by atoms with E-state index >= 15 is 0 Å². The van der Waals surface area contributed by atoms with Crippen molar-refractivity contribution >= 4 is 123 Å². The number of hydrogen-bond acceptors (Lipinski definition) is 4. The molecular weight excluding hydrogens is 1110 g/mol. The molecule has 82 heavy (non-hydrogen) atoms. The zero-order chi connectivity index (χ0) is 55.5. The Hall–Kier alpha value is -9.36. The highest BCUT2D eigenvalue weighted by atomic mass is 79.9. The summed E-state index contributed by atoms with van der Waals surface area (Å²) < 4.78 is 1.02. The van der Waals surface area contributed by atoms with Gasteiger partial charge in [-0.2, -0.15) is 0 Å². The number of benzene rings is 13. The average Bonchev–Trinajstić information content (AvgIpc) is 3.73. The van der Waals surface area contributed by atoms with Crippen LogP contribution in [0.25, 0.3) is 54.9 Å². The number of rotatable bonds is 14. The third-order valence-electron chi connectivity index (χ3n) is 15.2. The molecule has 0 radical (unpaired) electrons. The molecule has 0 heterocycles. The predicted molar refractivity (Wildman–Crippen MR) is 354 cm³/mol. The van der Waals surface area contributed by atoms with Crippen LogP contribution in [0.1, 0.15) is 0 Å². The maximum absolute atomic E-state index is 6.67. The van der Waals surface area contributed by atoms with Crippen LogP contribution in [-0.4, -0.2) is 7.05 Å². The van der Waals surface area contributed by atoms with Crippen LogP contribution in [0.15, 0.2) is 308 Å². The molecule has 13 aromatic carbocycles. The molecule has 7 heteroatoms. The van der Waals surface area contributed by atoms with Crippen molar-refractivity contribution in [2.45, 2.75) is 0 Å². The number of nitrogens with zero attached hydrogens (tertiary/aromatic N) is 4. The summed E-state index contributed by atoms with van der Waals surface area (Å²) in [6.07, 6.45) is 0. The van der Waals surface area contributed by atoms with E-state index in [9.17, 15) is 0 Å². The minimum absolute atomic E-state index is 0.673. The lowest BCUT2D eigenvalue weighted by Gasteiger charge is -2.27. The molecule has 0 aliphatic rings. The molecule has 4 nitrogen and oxygen atoms in total. The molecule has 0 aliphatic heterocycles. The van der Waals surface area contributed by atoms with Crippen molar-refractivity contribution in [2.75, 3.05) is 26.6 Å². The lowest BCUT2D eigenvalue weighted by molar-refractivity contribution is 1.21. The van der Waals surface area contributed by atoms with E-state index < -0.39 is 0 Å². The molecule has 0 aromatic heterocycles. The second-order valence-corrected chi connectivity index (χ2v) is 22.1. The third kappa shape index (κ3) is 11.0. The molecule has 0 saturated heterocycles. The van der Waals surface area contributed by atoms with Gasteiger partial charge in [0.1, 0.15) is 0 Å². The van der Waals surface area contributed by atoms with Crippen LogP contribution < -0.4 is 19.6 Å². The zero-order valence-corrected chi connectivity index (χ0v) is 47.9. The maximum Gasteiger partial charge on any atom is 0.0476 e. The van der Waals surface area contributed by atoms with Crippen molar-refractivity contribution in [3.05, 3.63) is 318 Å². The average molecular weight is 1160 g/mol. The number of fused-ring (bicyclic) bond motifs is 2. The first-order valence-corrected chi connectivity index (χ1v) is 28.8. The van der Waals surface area contributed by atoms with Crippen molar-refractivity contribution in [2.24, 2.45) is 0 Å². The van der Waals surface area contributed by atoms with E-state index in [0.717, 1.165) is 100 Å². The first kappa shape index (κ1) is 52.0. The van der Waals surface area contributed by atoms with Crippen LogP contribution in [0.5, 0.6) is 0 Å². The van der Waals surface area contributed by atoms with E-state index in [4.69, 9.17) is 23.2 Å². The molecule has 0 N–H and O–H groups in total. The molecule has 13 rings (SSSR count). The highest BCUT2D eigenvalue weighted by molar-refractivity contribution is 9.10. The standard InChI is InChI=1S/C75H53BrCl2N4/c1-79(72-44-28-52-8-2-4-10-60(52)48-72)65-32-16-54(17-33-65)55-24-40-69(41-25-55)82(75-45-29-53-9-3-5-11-61(53)49-75)70-42-26-59(27-43-70)57-20-36-67(37-21-57)80(73-14-6-12-63(77)50-73)66-34-18-56(19-35-66)58-22-38-68(39-23-58)81(71-46-30-62(76)31-47-71)74-15-7-13-64(78)51-74/h2-51H,1H3. The molecule has 13 aromatic rings. The Morgan fingerprint density at radius 1 is 0.232 bits per heavy atom. The summed E-state index contributed by atoms with van der Waals surface area (Å²) in [7, 11) is 2.13. The van der Waals surface area contributed by atoms with Gasteiger partial charge in [-0.15, -0.1) is 0 Å². The largest absolute Gasteiger partial charge is 0.345 e. The maximum atomic E-state index is 6.67. The van der Waals surface area contributed by atoms with E-state index in [1.165, 1.54) is 21.5 Å². The van der Waals surface area contributed by atoms with Gasteiger partial charge in [0, 0.05) is 84.1 Å². The van der Waals surface area contributed by atoms with Gasteiger partial charge in [0.05, 0.1) is 0 Å². The van der Waals surface area contributed by atoms with E-state index in [2.05, 4.69) is 309 Å². The summed E-state index contributed by atoms with van der Waals surface area (Å²) in [6, 6.07) is 107. The van der Waals surface area contributed by atoms with E-state index in [-0.39, 0.29) is 0 Å². The molecule has 0 fully saturated rings. The summed E-state index contributed by atoms with van der Waals surface area (Å²) in [5.41, 5.74) is 18.3. The Morgan fingerprint density at radius 3 is 0.841 bits per heavy atom. The van der Waals surface area contributed by atoms with Gasteiger partial charge in [-0.1, -0.05) is 185 Å². The molecular formula is C75H53BrCl2N4. The summed E-state index contributed by atoms with van der Waals surface area (Å²) in [5, 5.41) is 6.23. The van der Waals surface area contributed by atoms with Crippen molar-refractivity contribution in [3.63, 3.8) is 0 Å². The van der Waals surface area contributed by atoms with Gasteiger partial charge in [0.15, 0.2) is 0 Å². The zero-order valence-electron chi connectivity index (χ0n) is 44.8. The summed E-state index contributed by atoms with van der Waals surface area (Å²) in [5.74, 6) is 0. The quantitative estimate of drug-likeness (QED) is 0.108. The fourth-order valence-electron chi connectivity index (χ4n) is 10.9. The van der Waals surface area contributed by atoms with Gasteiger partial charge in [0.2, 0.25) is 0 Å². The molecule has 0 unspecified atom stereocenters. The fourth-order valence-corrected chi connectivity index (χ4v) is 11.5. The van der Waals surface area contributed by atoms with Gasteiger partial charge in [-0.05, 0) is 213 Å². The highest BCUT2D eigenvalue weighted by Gasteiger charge is 2.18. The normalized spacial score (nSPS) is 11.2. The van der Waals surface area contributed by atoms with E-state index in [0.29, 0.717) is 10.0 Å². The Kier molecular flexibility index (Phi) is 14.6. The topological polar surface area (TPSA) is 13.0 Å².